The van der Waals surface area contributed by atoms with E-state index in [0.717, 1.165) is 43.5 Å². The van der Waals surface area contributed by atoms with E-state index in [-0.39, 0.29) is 23.7 Å². The van der Waals surface area contributed by atoms with Gasteiger partial charge in [0.05, 0.1) is 6.54 Å². The molecule has 1 aromatic heterocycles. The van der Waals surface area contributed by atoms with Crippen molar-refractivity contribution in [2.45, 2.75) is 31.2 Å². The molecule has 1 aliphatic rings. The van der Waals surface area contributed by atoms with E-state index in [1.807, 2.05) is 18.3 Å². The van der Waals surface area contributed by atoms with E-state index in [0.29, 0.717) is 13.1 Å². The van der Waals surface area contributed by atoms with Crippen molar-refractivity contribution in [2.24, 2.45) is 5.73 Å². The number of hydrogen-bond donors (Lipinski definition) is 2. The lowest BCUT2D eigenvalue weighted by molar-refractivity contribution is -0.122. The maximum absolute atomic E-state index is 13.3. The normalized spacial score (nSPS) is 16.8. The average Bonchev–Trinajstić information content (AvgIpc) is 2.68. The van der Waals surface area contributed by atoms with Gasteiger partial charge >= 0.3 is 0 Å². The van der Waals surface area contributed by atoms with E-state index >= 15 is 0 Å². The molecule has 0 saturated carbocycles. The summed E-state index contributed by atoms with van der Waals surface area (Å²) >= 11 is 0. The van der Waals surface area contributed by atoms with Gasteiger partial charge in [-0.2, -0.15) is 0 Å². The van der Waals surface area contributed by atoms with Crippen molar-refractivity contribution >= 4 is 5.91 Å². The van der Waals surface area contributed by atoms with E-state index in [9.17, 15) is 9.18 Å². The first-order valence-electron chi connectivity index (χ1n) is 9.49. The average molecular weight is 370 g/mol. The van der Waals surface area contributed by atoms with Gasteiger partial charge in [-0.25, -0.2) is 4.39 Å². The first kappa shape index (κ1) is 19.5. The summed E-state index contributed by atoms with van der Waals surface area (Å²) < 4.78 is 13.3. The van der Waals surface area contributed by atoms with Gasteiger partial charge in [-0.05, 0) is 48.6 Å². The van der Waals surface area contributed by atoms with Crippen molar-refractivity contribution in [1.29, 1.82) is 0 Å². The van der Waals surface area contributed by atoms with Gasteiger partial charge in [0.25, 0.3) is 0 Å². The fourth-order valence-electron chi connectivity index (χ4n) is 3.45. The lowest BCUT2D eigenvalue weighted by Crippen LogP contribution is -2.45. The summed E-state index contributed by atoms with van der Waals surface area (Å²) in [7, 11) is 0. The number of carbonyl (C=O) groups excluding carboxylic acids is 1. The van der Waals surface area contributed by atoms with Gasteiger partial charge < -0.3 is 11.1 Å². The molecule has 1 amide bonds. The number of piperidine rings is 1. The molecular formula is C21H27FN4O. The zero-order chi connectivity index (χ0) is 19.1. The lowest BCUT2D eigenvalue weighted by Gasteiger charge is -2.29. The number of likely N-dealkylation sites (tertiary alicyclic amines) is 1. The molecule has 0 bridgehead atoms. The van der Waals surface area contributed by atoms with Gasteiger partial charge in [-0.1, -0.05) is 18.2 Å². The first-order valence-corrected chi connectivity index (χ1v) is 9.49. The Hall–Kier alpha value is -2.31. The van der Waals surface area contributed by atoms with Crippen molar-refractivity contribution in [3.63, 3.8) is 0 Å². The molecule has 6 heteroatoms. The SMILES string of the molecule is NC1CCN(CC(=O)NCC(Cc2cccnc2)c2ccc(F)cc2)CC1. The van der Waals surface area contributed by atoms with Crippen molar-refractivity contribution in [3.05, 3.63) is 65.7 Å². The molecule has 27 heavy (non-hydrogen) atoms. The molecule has 3 rings (SSSR count). The Morgan fingerprint density at radius 2 is 2.00 bits per heavy atom. The van der Waals surface area contributed by atoms with Crippen LogP contribution in [0.2, 0.25) is 0 Å². The third-order valence-corrected chi connectivity index (χ3v) is 5.09. The fourth-order valence-corrected chi connectivity index (χ4v) is 3.45. The van der Waals surface area contributed by atoms with Gasteiger partial charge in [-0.3, -0.25) is 14.7 Å². The molecule has 0 aliphatic carbocycles. The molecule has 2 heterocycles. The summed E-state index contributed by atoms with van der Waals surface area (Å²) in [5.74, 6) is -0.177. The van der Waals surface area contributed by atoms with Crippen LogP contribution in [-0.2, 0) is 11.2 Å². The van der Waals surface area contributed by atoms with Gasteiger partial charge in [-0.15, -0.1) is 0 Å². The Morgan fingerprint density at radius 3 is 2.67 bits per heavy atom. The molecule has 0 spiro atoms. The van der Waals surface area contributed by atoms with E-state index in [1.54, 1.807) is 18.3 Å². The number of nitrogens with two attached hydrogens (primary N) is 1. The number of carbonyl (C=O) groups is 1. The molecule has 3 N–H and O–H groups in total. The Kier molecular flexibility index (Phi) is 6.90. The molecule has 2 aromatic rings. The maximum atomic E-state index is 13.3. The van der Waals surface area contributed by atoms with Gasteiger partial charge in [0, 0.05) is 44.0 Å². The van der Waals surface area contributed by atoms with Gasteiger partial charge in [0.2, 0.25) is 5.91 Å². The Labute approximate surface area is 159 Å². The second-order valence-corrected chi connectivity index (χ2v) is 7.23. The summed E-state index contributed by atoms with van der Waals surface area (Å²) in [4.78, 5) is 18.7. The monoisotopic (exact) mass is 370 g/mol. The lowest BCUT2D eigenvalue weighted by atomic mass is 9.92. The smallest absolute Gasteiger partial charge is 0.234 e. The van der Waals surface area contributed by atoms with Crippen molar-refractivity contribution < 1.29 is 9.18 Å². The Bertz CT molecular complexity index is 715. The van der Waals surface area contributed by atoms with Crippen LogP contribution in [0.5, 0.6) is 0 Å². The van der Waals surface area contributed by atoms with Crippen LogP contribution >= 0.6 is 0 Å². The minimum atomic E-state index is -0.258. The van der Waals surface area contributed by atoms with E-state index in [2.05, 4.69) is 15.2 Å². The molecule has 1 saturated heterocycles. The molecule has 0 radical (unpaired) electrons. The number of hydrogen-bond acceptors (Lipinski definition) is 4. The zero-order valence-corrected chi connectivity index (χ0v) is 15.5. The van der Waals surface area contributed by atoms with E-state index in [4.69, 9.17) is 5.73 Å². The number of nitrogens with zero attached hydrogens (tertiary/aromatic N) is 2. The first-order chi connectivity index (χ1) is 13.1. The second kappa shape index (κ2) is 9.58. The highest BCUT2D eigenvalue weighted by atomic mass is 19.1. The maximum Gasteiger partial charge on any atom is 0.234 e. The molecule has 1 fully saturated rings. The standard InChI is InChI=1S/C21H27FN4O/c22-19-5-3-17(4-6-19)18(12-16-2-1-9-24-13-16)14-25-21(27)15-26-10-7-20(23)8-11-26/h1-6,9,13,18,20H,7-8,10-12,14-15,23H2,(H,25,27). The number of rotatable bonds is 7. The van der Waals surface area contributed by atoms with Crippen LogP contribution in [0.1, 0.15) is 29.9 Å². The summed E-state index contributed by atoms with van der Waals surface area (Å²) in [6, 6.07) is 10.7. The summed E-state index contributed by atoms with van der Waals surface area (Å²) in [6.45, 7) is 2.64. The number of halogens is 1. The summed E-state index contributed by atoms with van der Waals surface area (Å²) in [5, 5.41) is 3.05. The molecule has 1 unspecified atom stereocenters. The van der Waals surface area contributed by atoms with Crippen molar-refractivity contribution in [2.75, 3.05) is 26.2 Å². The minimum absolute atomic E-state index is 0.0174. The van der Waals surface area contributed by atoms with Gasteiger partial charge in [0.1, 0.15) is 5.82 Å². The van der Waals surface area contributed by atoms with Crippen molar-refractivity contribution in [1.82, 2.24) is 15.2 Å². The predicted molar refractivity (Wildman–Crippen MR) is 104 cm³/mol. The number of amides is 1. The number of aromatic nitrogens is 1. The van der Waals surface area contributed by atoms with Crippen LogP contribution in [0.3, 0.4) is 0 Å². The molecule has 1 atom stereocenters. The Morgan fingerprint density at radius 1 is 1.26 bits per heavy atom. The van der Waals surface area contributed by atoms with E-state index in [1.165, 1.54) is 12.1 Å². The summed E-state index contributed by atoms with van der Waals surface area (Å²) in [6.07, 6.45) is 6.18. The highest BCUT2D eigenvalue weighted by molar-refractivity contribution is 5.78. The highest BCUT2D eigenvalue weighted by Crippen LogP contribution is 2.20. The van der Waals surface area contributed by atoms with Crippen LogP contribution in [0.25, 0.3) is 0 Å². The highest BCUT2D eigenvalue weighted by Gasteiger charge is 2.19. The van der Waals surface area contributed by atoms with Crippen LogP contribution in [0.15, 0.2) is 48.8 Å². The number of pyridine rings is 1. The molecule has 1 aromatic carbocycles. The number of benzene rings is 1. The number of nitrogens with one attached hydrogen (secondary N) is 1. The second-order valence-electron chi connectivity index (χ2n) is 7.23. The molecule has 144 valence electrons. The zero-order valence-electron chi connectivity index (χ0n) is 15.5. The van der Waals surface area contributed by atoms with Crippen LogP contribution in [-0.4, -0.2) is 48.0 Å². The predicted octanol–water partition coefficient (Wildman–Crippen LogP) is 2.09. The van der Waals surface area contributed by atoms with Crippen LogP contribution in [0.4, 0.5) is 4.39 Å². The molecule has 1 aliphatic heterocycles. The van der Waals surface area contributed by atoms with E-state index < -0.39 is 0 Å². The van der Waals surface area contributed by atoms with Gasteiger partial charge in [0.15, 0.2) is 0 Å². The third kappa shape index (κ3) is 6.12. The van der Waals surface area contributed by atoms with Crippen LogP contribution in [0, 0.1) is 5.82 Å². The quantitative estimate of drug-likeness (QED) is 0.783. The Balaban J connectivity index is 1.59. The fraction of sp³-hybridized carbons (Fsp3) is 0.429. The largest absolute Gasteiger partial charge is 0.354 e. The molecule has 5 nitrogen and oxygen atoms in total. The third-order valence-electron chi connectivity index (χ3n) is 5.09. The topological polar surface area (TPSA) is 71.2 Å². The molecular weight excluding hydrogens is 343 g/mol. The summed E-state index contributed by atoms with van der Waals surface area (Å²) in [5.41, 5.74) is 8.01. The van der Waals surface area contributed by atoms with Crippen LogP contribution < -0.4 is 11.1 Å². The minimum Gasteiger partial charge on any atom is -0.354 e. The van der Waals surface area contributed by atoms with Crippen molar-refractivity contribution in [3.8, 4) is 0 Å².